The van der Waals surface area contributed by atoms with E-state index < -0.39 is 0 Å². The molecule has 1 aromatic carbocycles. The fourth-order valence-corrected chi connectivity index (χ4v) is 2.76. The van der Waals surface area contributed by atoms with Gasteiger partial charge in [0.15, 0.2) is 0 Å². The van der Waals surface area contributed by atoms with Crippen molar-refractivity contribution in [3.8, 4) is 16.5 Å². The van der Waals surface area contributed by atoms with Crippen molar-refractivity contribution < 1.29 is 9.53 Å². The molecule has 0 fully saturated rings. The van der Waals surface area contributed by atoms with Crippen molar-refractivity contribution in [3.05, 3.63) is 34.7 Å². The Bertz CT molecular complexity index is 763. The quantitative estimate of drug-likeness (QED) is 0.576. The van der Waals surface area contributed by atoms with E-state index in [9.17, 15) is 4.79 Å². The topological polar surface area (TPSA) is 55.0 Å². The monoisotopic (exact) mass is 292 g/mol. The molecule has 0 aliphatic rings. The number of hydrogen-bond donors (Lipinski definition) is 1. The number of carbonyl (C=O) groups excluding carboxylic acids is 1. The molecule has 0 radical (unpaired) electrons. The summed E-state index contributed by atoms with van der Waals surface area (Å²) in [6.07, 6.45) is 0. The molecule has 1 N–H and O–H groups in total. The summed E-state index contributed by atoms with van der Waals surface area (Å²) in [5.74, 6) is 0.912. The van der Waals surface area contributed by atoms with Crippen molar-refractivity contribution in [2.24, 2.45) is 0 Å². The smallest absolute Gasteiger partial charge is 0.308 e. The fraction of sp³-hybridized carbons (Fsp3) is 0.0769. The Kier molecular flexibility index (Phi) is 3.00. The number of carbonyl (C=O) groups is 1. The van der Waals surface area contributed by atoms with Gasteiger partial charge in [0, 0.05) is 13.0 Å². The van der Waals surface area contributed by atoms with Crippen molar-refractivity contribution >= 4 is 39.9 Å². The van der Waals surface area contributed by atoms with Crippen LogP contribution < -0.4 is 4.74 Å². The largest absolute Gasteiger partial charge is 0.427 e. The van der Waals surface area contributed by atoms with E-state index in [1.807, 2.05) is 18.2 Å². The molecule has 0 atom stereocenters. The van der Waals surface area contributed by atoms with Gasteiger partial charge < -0.3 is 9.72 Å². The van der Waals surface area contributed by atoms with Gasteiger partial charge in [-0.3, -0.25) is 4.79 Å². The molecular weight excluding hydrogens is 284 g/mol. The van der Waals surface area contributed by atoms with Crippen LogP contribution in [0.15, 0.2) is 30.3 Å². The highest BCUT2D eigenvalue weighted by molar-refractivity contribution is 7.19. The first-order valence-corrected chi connectivity index (χ1v) is 6.75. The van der Waals surface area contributed by atoms with Crippen LogP contribution in [0.2, 0.25) is 4.34 Å². The molecule has 4 nitrogen and oxygen atoms in total. The number of hydrogen-bond acceptors (Lipinski definition) is 4. The maximum atomic E-state index is 10.9. The Morgan fingerprint density at radius 3 is 2.89 bits per heavy atom. The zero-order valence-corrected chi connectivity index (χ0v) is 11.5. The lowest BCUT2D eigenvalue weighted by molar-refractivity contribution is -0.131. The van der Waals surface area contributed by atoms with Crippen LogP contribution in [0.4, 0.5) is 0 Å². The number of ether oxygens (including phenoxy) is 1. The summed E-state index contributed by atoms with van der Waals surface area (Å²) < 4.78 is 5.75. The number of halogens is 1. The number of nitrogens with zero attached hydrogens (tertiary/aromatic N) is 1. The van der Waals surface area contributed by atoms with Gasteiger partial charge >= 0.3 is 5.97 Å². The number of imidazole rings is 1. The molecule has 0 spiro atoms. The van der Waals surface area contributed by atoms with Crippen LogP contribution in [0.1, 0.15) is 6.92 Å². The van der Waals surface area contributed by atoms with Gasteiger partial charge in [0.1, 0.15) is 11.6 Å². The molecule has 96 valence electrons. The Morgan fingerprint density at radius 1 is 1.37 bits per heavy atom. The number of esters is 1. The summed E-state index contributed by atoms with van der Waals surface area (Å²) in [7, 11) is 0. The molecule has 19 heavy (non-hydrogen) atoms. The van der Waals surface area contributed by atoms with Crippen LogP contribution in [0, 0.1) is 0 Å². The highest BCUT2D eigenvalue weighted by Gasteiger charge is 2.09. The lowest BCUT2D eigenvalue weighted by atomic mass is 10.3. The predicted molar refractivity (Wildman–Crippen MR) is 75.7 cm³/mol. The minimum Gasteiger partial charge on any atom is -0.427 e. The van der Waals surface area contributed by atoms with E-state index in [0.29, 0.717) is 5.75 Å². The highest BCUT2D eigenvalue weighted by atomic mass is 35.5. The third kappa shape index (κ3) is 2.47. The standard InChI is InChI=1S/C13H9ClN2O2S/c1-7(17)18-8-2-3-9-10(6-8)16-13(15-9)11-4-5-12(14)19-11/h2-6H,1H3,(H,15,16). The first-order chi connectivity index (χ1) is 9.11. The molecule has 0 amide bonds. The van der Waals surface area contributed by atoms with E-state index >= 15 is 0 Å². The SMILES string of the molecule is CC(=O)Oc1ccc2nc(-c3ccc(Cl)s3)[nH]c2c1. The molecule has 0 saturated carbocycles. The molecule has 6 heteroatoms. The zero-order valence-electron chi connectivity index (χ0n) is 9.94. The van der Waals surface area contributed by atoms with E-state index in [4.69, 9.17) is 16.3 Å². The van der Waals surface area contributed by atoms with Gasteiger partial charge in [0.2, 0.25) is 0 Å². The molecular formula is C13H9ClN2O2S. The normalized spacial score (nSPS) is 10.8. The number of H-pyrrole nitrogens is 1. The summed E-state index contributed by atoms with van der Waals surface area (Å²) in [6, 6.07) is 9.03. The highest BCUT2D eigenvalue weighted by Crippen LogP contribution is 2.31. The molecule has 3 rings (SSSR count). The zero-order chi connectivity index (χ0) is 13.4. The number of aromatic nitrogens is 2. The number of nitrogens with one attached hydrogen (secondary N) is 1. The molecule has 2 aromatic heterocycles. The average molecular weight is 293 g/mol. The summed E-state index contributed by atoms with van der Waals surface area (Å²) in [5, 5.41) is 0. The average Bonchev–Trinajstić information content (AvgIpc) is 2.93. The van der Waals surface area contributed by atoms with Crippen LogP contribution in [-0.4, -0.2) is 15.9 Å². The molecule has 0 aliphatic heterocycles. The maximum Gasteiger partial charge on any atom is 0.308 e. The van der Waals surface area contributed by atoms with Crippen LogP contribution in [0.3, 0.4) is 0 Å². The summed E-state index contributed by atoms with van der Waals surface area (Å²) >= 11 is 7.37. The van der Waals surface area contributed by atoms with Gasteiger partial charge in [-0.25, -0.2) is 4.98 Å². The lowest BCUT2D eigenvalue weighted by Gasteiger charge is -1.99. The van der Waals surface area contributed by atoms with Crippen LogP contribution in [0.5, 0.6) is 5.75 Å². The van der Waals surface area contributed by atoms with E-state index in [0.717, 1.165) is 26.1 Å². The molecule has 0 aliphatic carbocycles. The van der Waals surface area contributed by atoms with E-state index in [1.54, 1.807) is 12.1 Å². The van der Waals surface area contributed by atoms with Gasteiger partial charge in [-0.2, -0.15) is 0 Å². The maximum absolute atomic E-state index is 10.9. The Hall–Kier alpha value is -1.85. The molecule has 3 aromatic rings. The number of thiophene rings is 1. The number of aromatic amines is 1. The van der Waals surface area contributed by atoms with Crippen molar-refractivity contribution in [3.63, 3.8) is 0 Å². The van der Waals surface area contributed by atoms with E-state index in [-0.39, 0.29) is 5.97 Å². The summed E-state index contributed by atoms with van der Waals surface area (Å²) in [4.78, 5) is 19.5. The van der Waals surface area contributed by atoms with E-state index in [1.165, 1.54) is 18.3 Å². The minimum atomic E-state index is -0.343. The van der Waals surface area contributed by atoms with Crippen LogP contribution in [0.25, 0.3) is 21.7 Å². The second-order valence-electron chi connectivity index (χ2n) is 3.96. The Balaban J connectivity index is 2.03. The first-order valence-electron chi connectivity index (χ1n) is 5.56. The molecule has 0 bridgehead atoms. The number of benzene rings is 1. The van der Waals surface area contributed by atoms with Crippen LogP contribution >= 0.6 is 22.9 Å². The molecule has 0 saturated heterocycles. The lowest BCUT2D eigenvalue weighted by Crippen LogP contribution is -2.00. The second-order valence-corrected chi connectivity index (χ2v) is 5.68. The van der Waals surface area contributed by atoms with E-state index in [2.05, 4.69) is 9.97 Å². The first kappa shape index (κ1) is 12.2. The van der Waals surface area contributed by atoms with Gasteiger partial charge in [-0.1, -0.05) is 11.6 Å². The predicted octanol–water partition coefficient (Wildman–Crippen LogP) is 3.87. The van der Waals surface area contributed by atoms with Crippen molar-refractivity contribution in [2.45, 2.75) is 6.92 Å². The Morgan fingerprint density at radius 2 is 2.21 bits per heavy atom. The summed E-state index contributed by atoms with van der Waals surface area (Å²) in [5.41, 5.74) is 1.63. The third-order valence-corrected chi connectivity index (χ3v) is 3.76. The summed E-state index contributed by atoms with van der Waals surface area (Å²) in [6.45, 7) is 1.37. The van der Waals surface area contributed by atoms with Gasteiger partial charge in [0.05, 0.1) is 20.2 Å². The Labute approximate surface area is 118 Å². The van der Waals surface area contributed by atoms with Gasteiger partial charge in [0.25, 0.3) is 0 Å². The number of fused-ring (bicyclic) bond motifs is 1. The minimum absolute atomic E-state index is 0.343. The van der Waals surface area contributed by atoms with Gasteiger partial charge in [-0.05, 0) is 24.3 Å². The number of rotatable bonds is 2. The molecule has 0 unspecified atom stereocenters. The van der Waals surface area contributed by atoms with Crippen LogP contribution in [-0.2, 0) is 4.79 Å². The van der Waals surface area contributed by atoms with Crippen molar-refractivity contribution in [1.82, 2.24) is 9.97 Å². The van der Waals surface area contributed by atoms with Crippen molar-refractivity contribution in [1.29, 1.82) is 0 Å². The third-order valence-electron chi connectivity index (χ3n) is 2.52. The molecule has 2 heterocycles. The second kappa shape index (κ2) is 4.68. The van der Waals surface area contributed by atoms with Gasteiger partial charge in [-0.15, -0.1) is 11.3 Å². The fourth-order valence-electron chi connectivity index (χ4n) is 1.78. The van der Waals surface area contributed by atoms with Crippen molar-refractivity contribution in [2.75, 3.05) is 0 Å².